The first-order valence-corrected chi connectivity index (χ1v) is 14.3. The van der Waals surface area contributed by atoms with Gasteiger partial charge in [-0.1, -0.05) is 60.7 Å². The number of carbonyl (C=O) groups excluding carboxylic acids is 3. The number of aliphatic carboxylic acids is 1. The second-order valence-corrected chi connectivity index (χ2v) is 10.2. The monoisotopic (exact) mass is 596 g/mol. The number of carboxylic acid groups (broad SMARTS) is 1. The number of benzene rings is 2. The van der Waals surface area contributed by atoms with E-state index in [9.17, 15) is 24.3 Å². The Morgan fingerprint density at radius 2 is 1.21 bits per heavy atom. The molecule has 2 aromatic carbocycles. The van der Waals surface area contributed by atoms with Gasteiger partial charge in [-0.2, -0.15) is 0 Å². The van der Waals surface area contributed by atoms with Crippen LogP contribution in [0.2, 0.25) is 0 Å². The molecule has 4 unspecified atom stereocenters. The largest absolute Gasteiger partial charge is 0.480 e. The van der Waals surface area contributed by atoms with Crippen molar-refractivity contribution in [1.29, 1.82) is 0 Å². The van der Waals surface area contributed by atoms with Crippen LogP contribution in [-0.4, -0.2) is 72.0 Å². The Labute approximate surface area is 251 Å². The molecule has 2 aromatic rings. The molecule has 0 saturated carbocycles. The highest BCUT2D eigenvalue weighted by Crippen LogP contribution is 2.09. The normalized spacial score (nSPS) is 13.5. The van der Waals surface area contributed by atoms with Gasteiger partial charge < -0.3 is 44.0 Å². The van der Waals surface area contributed by atoms with Gasteiger partial charge >= 0.3 is 5.97 Å². The lowest BCUT2D eigenvalue weighted by molar-refractivity contribution is -0.142. The van der Waals surface area contributed by atoms with Gasteiger partial charge in [-0.3, -0.25) is 19.4 Å². The summed E-state index contributed by atoms with van der Waals surface area (Å²) in [5, 5.41) is 17.6. The number of carbonyl (C=O) groups is 4. The average molecular weight is 597 g/mol. The molecule has 3 amide bonds. The maximum atomic E-state index is 13.6. The zero-order valence-corrected chi connectivity index (χ0v) is 24.3. The number of nitrogens with two attached hydrogens (primary N) is 4. The number of guanidine groups is 1. The fraction of sp³-hybridized carbons (Fsp3) is 0.433. The number of rotatable bonds is 19. The SMILES string of the molecule is NCCCCC(NC(=O)C(Cc1ccccc1)NC(=O)C(N)Cc1ccccc1)C(=O)NC(CCCN=C(N)N)C(=O)O. The van der Waals surface area contributed by atoms with Gasteiger partial charge in [-0.25, -0.2) is 4.79 Å². The van der Waals surface area contributed by atoms with E-state index in [4.69, 9.17) is 22.9 Å². The van der Waals surface area contributed by atoms with Gasteiger partial charge in [-0.15, -0.1) is 0 Å². The van der Waals surface area contributed by atoms with Crippen molar-refractivity contribution in [2.45, 2.75) is 69.1 Å². The molecule has 0 aliphatic rings. The summed E-state index contributed by atoms with van der Waals surface area (Å²) in [6.45, 7) is 0.586. The molecule has 4 atom stereocenters. The van der Waals surface area contributed by atoms with Crippen LogP contribution in [0.3, 0.4) is 0 Å². The fourth-order valence-electron chi connectivity index (χ4n) is 4.37. The molecule has 0 aromatic heterocycles. The van der Waals surface area contributed by atoms with E-state index in [0.29, 0.717) is 25.8 Å². The lowest BCUT2D eigenvalue weighted by atomic mass is 10.0. The minimum absolute atomic E-state index is 0.0767. The molecule has 0 aliphatic heterocycles. The van der Waals surface area contributed by atoms with E-state index in [1.165, 1.54) is 0 Å². The third-order valence-corrected chi connectivity index (χ3v) is 6.69. The van der Waals surface area contributed by atoms with Crippen molar-refractivity contribution in [1.82, 2.24) is 16.0 Å². The molecule has 12 N–H and O–H groups in total. The molecule has 13 nitrogen and oxygen atoms in total. The van der Waals surface area contributed by atoms with Crippen molar-refractivity contribution in [3.8, 4) is 0 Å². The van der Waals surface area contributed by atoms with E-state index in [2.05, 4.69) is 20.9 Å². The van der Waals surface area contributed by atoms with E-state index in [-0.39, 0.29) is 38.2 Å². The van der Waals surface area contributed by atoms with Gasteiger partial charge in [0.25, 0.3) is 0 Å². The summed E-state index contributed by atoms with van der Waals surface area (Å²) in [5.74, 6) is -3.12. The summed E-state index contributed by atoms with van der Waals surface area (Å²) in [6.07, 6.45) is 2.13. The molecule has 0 saturated heterocycles. The summed E-state index contributed by atoms with van der Waals surface area (Å²) in [5.41, 5.74) is 24.1. The number of hydrogen-bond donors (Lipinski definition) is 8. The number of hydrogen-bond acceptors (Lipinski definition) is 7. The molecule has 13 heteroatoms. The van der Waals surface area contributed by atoms with Crippen LogP contribution in [0.5, 0.6) is 0 Å². The maximum absolute atomic E-state index is 13.6. The number of amides is 3. The van der Waals surface area contributed by atoms with Crippen LogP contribution in [-0.2, 0) is 32.0 Å². The minimum atomic E-state index is -1.23. The number of aliphatic imine (C=N–C) groups is 1. The van der Waals surface area contributed by atoms with E-state index in [1.54, 1.807) is 0 Å². The summed E-state index contributed by atoms with van der Waals surface area (Å²) < 4.78 is 0. The zero-order chi connectivity index (χ0) is 31.6. The summed E-state index contributed by atoms with van der Waals surface area (Å²) in [4.78, 5) is 55.6. The Morgan fingerprint density at radius 3 is 1.77 bits per heavy atom. The molecular weight excluding hydrogens is 552 g/mol. The van der Waals surface area contributed by atoms with Crippen LogP contribution in [0.4, 0.5) is 0 Å². The van der Waals surface area contributed by atoms with Crippen molar-refractivity contribution in [2.75, 3.05) is 13.1 Å². The molecule has 43 heavy (non-hydrogen) atoms. The molecule has 0 heterocycles. The average Bonchev–Trinajstić information content (AvgIpc) is 2.98. The lowest BCUT2D eigenvalue weighted by Gasteiger charge is -2.25. The second-order valence-electron chi connectivity index (χ2n) is 10.2. The molecule has 0 aliphatic carbocycles. The van der Waals surface area contributed by atoms with Crippen LogP contribution in [0.15, 0.2) is 65.7 Å². The summed E-state index contributed by atoms with van der Waals surface area (Å²) >= 11 is 0. The Hall–Kier alpha value is -4.49. The Morgan fingerprint density at radius 1 is 0.698 bits per heavy atom. The highest BCUT2D eigenvalue weighted by molar-refractivity contribution is 5.94. The number of nitrogens with one attached hydrogen (secondary N) is 3. The van der Waals surface area contributed by atoms with Crippen molar-refractivity contribution in [2.24, 2.45) is 27.9 Å². The first-order valence-electron chi connectivity index (χ1n) is 14.3. The molecule has 234 valence electrons. The van der Waals surface area contributed by atoms with E-state index in [1.807, 2.05) is 60.7 Å². The van der Waals surface area contributed by atoms with Gasteiger partial charge in [-0.05, 0) is 56.2 Å². The zero-order valence-electron chi connectivity index (χ0n) is 24.3. The van der Waals surface area contributed by atoms with Gasteiger partial charge in [0, 0.05) is 13.0 Å². The second kappa shape index (κ2) is 18.8. The quantitative estimate of drug-likeness (QED) is 0.0592. The maximum Gasteiger partial charge on any atom is 0.326 e. The van der Waals surface area contributed by atoms with Crippen LogP contribution in [0, 0.1) is 0 Å². The van der Waals surface area contributed by atoms with E-state index < -0.39 is 47.9 Å². The summed E-state index contributed by atoms with van der Waals surface area (Å²) in [7, 11) is 0. The summed E-state index contributed by atoms with van der Waals surface area (Å²) in [6, 6.07) is 14.1. The third kappa shape index (κ3) is 13.4. The number of carboxylic acids is 1. The Bertz CT molecular complexity index is 1190. The van der Waals surface area contributed by atoms with Gasteiger partial charge in [0.05, 0.1) is 6.04 Å². The van der Waals surface area contributed by atoms with Crippen LogP contribution < -0.4 is 38.9 Å². The van der Waals surface area contributed by atoms with Crippen molar-refractivity contribution < 1.29 is 24.3 Å². The highest BCUT2D eigenvalue weighted by atomic mass is 16.4. The standard InChI is InChI=1S/C30H44N8O5/c31-16-8-7-14-23(27(40)37-24(29(42)43)15-9-17-35-30(33)34)36-28(41)25(19-21-12-5-2-6-13-21)38-26(39)22(32)18-20-10-3-1-4-11-20/h1-6,10-13,22-25H,7-9,14-19,31-32H2,(H,36,41)(H,37,40)(H,38,39)(H,42,43)(H4,33,34,35). The first-order chi connectivity index (χ1) is 20.6. The third-order valence-electron chi connectivity index (χ3n) is 6.69. The van der Waals surface area contributed by atoms with Crippen molar-refractivity contribution in [3.63, 3.8) is 0 Å². The van der Waals surface area contributed by atoms with E-state index >= 15 is 0 Å². The molecular formula is C30H44N8O5. The predicted molar refractivity (Wildman–Crippen MR) is 165 cm³/mol. The molecule has 0 spiro atoms. The van der Waals surface area contributed by atoms with Gasteiger partial charge in [0.15, 0.2) is 5.96 Å². The lowest BCUT2D eigenvalue weighted by Crippen LogP contribution is -2.57. The smallest absolute Gasteiger partial charge is 0.326 e. The molecule has 2 rings (SSSR count). The highest BCUT2D eigenvalue weighted by Gasteiger charge is 2.30. The molecule has 0 radical (unpaired) electrons. The molecule has 0 bridgehead atoms. The predicted octanol–water partition coefficient (Wildman–Crippen LogP) is -0.479. The van der Waals surface area contributed by atoms with Crippen LogP contribution >= 0.6 is 0 Å². The van der Waals surface area contributed by atoms with Gasteiger partial charge in [0.1, 0.15) is 18.1 Å². The van der Waals surface area contributed by atoms with Gasteiger partial charge in [0.2, 0.25) is 17.7 Å². The minimum Gasteiger partial charge on any atom is -0.480 e. The Balaban J connectivity index is 2.18. The number of nitrogens with zero attached hydrogens (tertiary/aromatic N) is 1. The fourth-order valence-corrected chi connectivity index (χ4v) is 4.37. The first kappa shape index (κ1) is 34.7. The van der Waals surface area contributed by atoms with Crippen LogP contribution in [0.1, 0.15) is 43.2 Å². The number of unbranched alkanes of at least 4 members (excludes halogenated alkanes) is 1. The van der Waals surface area contributed by atoms with E-state index in [0.717, 1.165) is 11.1 Å². The van der Waals surface area contributed by atoms with Crippen molar-refractivity contribution in [3.05, 3.63) is 71.8 Å². The topological polar surface area (TPSA) is 241 Å². The molecule has 0 fully saturated rings. The Kier molecular flexibility index (Phi) is 15.2. The van der Waals surface area contributed by atoms with Crippen LogP contribution in [0.25, 0.3) is 0 Å². The van der Waals surface area contributed by atoms with Crippen molar-refractivity contribution >= 4 is 29.7 Å².